The summed E-state index contributed by atoms with van der Waals surface area (Å²) in [5, 5.41) is 4.05. The van der Waals surface area contributed by atoms with Gasteiger partial charge in [-0.15, -0.1) is 0 Å². The Labute approximate surface area is 229 Å². The highest BCUT2D eigenvalue weighted by Gasteiger charge is 2.37. The lowest BCUT2D eigenvalue weighted by atomic mass is 9.92. The molecule has 39 heavy (non-hydrogen) atoms. The lowest BCUT2D eigenvalue weighted by Gasteiger charge is -2.33. The molecule has 0 amide bonds. The summed E-state index contributed by atoms with van der Waals surface area (Å²) >= 11 is 5.90. The van der Waals surface area contributed by atoms with Crippen LogP contribution in [0.5, 0.6) is 5.75 Å². The first-order valence-electron chi connectivity index (χ1n) is 13.1. The van der Waals surface area contributed by atoms with Gasteiger partial charge in [0.15, 0.2) is 23.2 Å². The summed E-state index contributed by atoms with van der Waals surface area (Å²) in [5.41, 5.74) is 0.0498. The second-order valence-electron chi connectivity index (χ2n) is 10.5. The van der Waals surface area contributed by atoms with Crippen molar-refractivity contribution in [2.24, 2.45) is 5.92 Å². The van der Waals surface area contributed by atoms with Gasteiger partial charge in [-0.3, -0.25) is 0 Å². The highest BCUT2D eigenvalue weighted by atomic mass is 35.5. The second kappa shape index (κ2) is 11.5. The monoisotopic (exact) mass is 565 g/mol. The van der Waals surface area contributed by atoms with Gasteiger partial charge in [-0.25, -0.2) is 28.0 Å². The minimum Gasteiger partial charge on any atom is -0.487 e. The van der Waals surface area contributed by atoms with E-state index < -0.39 is 29.4 Å². The number of rotatable bonds is 8. The maximum atomic E-state index is 14.4. The Hall–Kier alpha value is -3.12. The summed E-state index contributed by atoms with van der Waals surface area (Å²) < 4.78 is 53.2. The van der Waals surface area contributed by atoms with Gasteiger partial charge in [0, 0.05) is 50.1 Å². The molecule has 3 aromatic rings. The smallest absolute Gasteiger partial charge is 0.324 e. The molecule has 0 bridgehead atoms. The van der Waals surface area contributed by atoms with Crippen LogP contribution >= 0.6 is 11.8 Å². The first kappa shape index (κ1) is 27.4. The van der Waals surface area contributed by atoms with Crippen LogP contribution in [0.2, 0.25) is 0 Å². The number of benzene rings is 1. The third-order valence-corrected chi connectivity index (χ3v) is 7.82. The first-order valence-corrected chi connectivity index (χ1v) is 13.4. The number of anilines is 2. The topological polar surface area (TPSA) is 92.4 Å². The Morgan fingerprint density at radius 3 is 2.33 bits per heavy atom. The number of hydrogen-bond acceptors (Lipinski definition) is 9. The minimum absolute atomic E-state index is 0.0483. The molecule has 0 spiro atoms. The second-order valence-corrected chi connectivity index (χ2v) is 10.7. The summed E-state index contributed by atoms with van der Waals surface area (Å²) in [4.78, 5) is 19.9. The van der Waals surface area contributed by atoms with E-state index >= 15 is 0 Å². The maximum Gasteiger partial charge on any atom is 0.324 e. The number of nitrogens with one attached hydrogen (secondary N) is 1. The quantitative estimate of drug-likeness (QED) is 0.305. The van der Waals surface area contributed by atoms with Crippen molar-refractivity contribution in [2.45, 2.75) is 57.6 Å². The zero-order chi connectivity index (χ0) is 27.7. The van der Waals surface area contributed by atoms with Crippen LogP contribution in [0, 0.1) is 23.4 Å². The number of nitrogens with zero attached hydrogens (tertiary/aromatic N) is 6. The highest BCUT2D eigenvalue weighted by Crippen LogP contribution is 2.33. The summed E-state index contributed by atoms with van der Waals surface area (Å²) in [6.07, 6.45) is 5.00. The van der Waals surface area contributed by atoms with Gasteiger partial charge in [-0.05, 0) is 49.1 Å². The van der Waals surface area contributed by atoms with Crippen LogP contribution in [-0.2, 0) is 0 Å². The first-order chi connectivity index (χ1) is 18.7. The number of piperidine rings is 1. The van der Waals surface area contributed by atoms with E-state index in [4.69, 9.17) is 21.0 Å². The Kier molecular flexibility index (Phi) is 8.13. The molecule has 0 saturated carbocycles. The summed E-state index contributed by atoms with van der Waals surface area (Å²) in [6, 6.07) is 1.59. The van der Waals surface area contributed by atoms with E-state index in [1.165, 1.54) is 0 Å². The molecule has 2 aliphatic rings. The number of ether oxygens (including phenoxy) is 1. The van der Waals surface area contributed by atoms with E-state index in [-0.39, 0.29) is 24.1 Å². The lowest BCUT2D eigenvalue weighted by Crippen LogP contribution is -2.38. The molecule has 4 heterocycles. The average Bonchev–Trinajstić information content (AvgIpc) is 3.59. The molecule has 1 aromatic carbocycles. The van der Waals surface area contributed by atoms with Gasteiger partial charge < -0.3 is 19.1 Å². The van der Waals surface area contributed by atoms with Crippen LogP contribution in [-0.4, -0.2) is 58.4 Å². The zero-order valence-corrected chi connectivity index (χ0v) is 22.7. The number of aromatic nitrogens is 4. The minimum atomic E-state index is -1.23. The van der Waals surface area contributed by atoms with Crippen LogP contribution in [0.25, 0.3) is 0 Å². The van der Waals surface area contributed by atoms with Crippen molar-refractivity contribution < 1.29 is 22.4 Å². The Morgan fingerprint density at radius 1 is 1.00 bits per heavy atom. The van der Waals surface area contributed by atoms with E-state index in [0.29, 0.717) is 42.1 Å². The lowest BCUT2D eigenvalue weighted by molar-refractivity contribution is 0.131. The molecule has 0 unspecified atom stereocenters. The van der Waals surface area contributed by atoms with E-state index in [1.807, 2.05) is 25.7 Å². The van der Waals surface area contributed by atoms with Gasteiger partial charge in [0.1, 0.15) is 5.82 Å². The average molecular weight is 566 g/mol. The van der Waals surface area contributed by atoms with Crippen molar-refractivity contribution in [1.82, 2.24) is 24.9 Å². The van der Waals surface area contributed by atoms with Gasteiger partial charge in [-0.1, -0.05) is 19.0 Å². The van der Waals surface area contributed by atoms with E-state index in [9.17, 15) is 13.2 Å². The van der Waals surface area contributed by atoms with Crippen LogP contribution < -0.4 is 19.4 Å². The van der Waals surface area contributed by atoms with Crippen molar-refractivity contribution in [3.63, 3.8) is 0 Å². The van der Waals surface area contributed by atoms with Crippen LogP contribution in [0.4, 0.5) is 25.1 Å². The van der Waals surface area contributed by atoms with E-state index in [2.05, 4.69) is 29.8 Å². The predicted molar refractivity (Wildman–Crippen MR) is 139 cm³/mol. The fourth-order valence-electron chi connectivity index (χ4n) is 5.21. The predicted octanol–water partition coefficient (Wildman–Crippen LogP) is 4.80. The molecule has 2 fully saturated rings. The molecule has 3 atom stereocenters. The van der Waals surface area contributed by atoms with Gasteiger partial charge in [0.25, 0.3) is 0 Å². The third-order valence-electron chi connectivity index (χ3n) is 7.54. The van der Waals surface area contributed by atoms with Gasteiger partial charge in [0.2, 0.25) is 5.95 Å². The Balaban J connectivity index is 1.17. The largest absolute Gasteiger partial charge is 0.487 e. The van der Waals surface area contributed by atoms with Crippen LogP contribution in [0.15, 0.2) is 29.0 Å². The molecule has 13 heteroatoms. The SMILES string of the molecule is CC(C)c1noc(N2CCC([C@H](C)Oc3cnc(N4C[C@H](NCl)[C@@H](c5cc(F)c(F)cc5F)C4)nc3)CC2)n1. The number of hydrogen-bond donors (Lipinski definition) is 1. The molecule has 9 nitrogen and oxygen atoms in total. The zero-order valence-electron chi connectivity index (χ0n) is 22.0. The molecule has 5 rings (SSSR count). The molecule has 2 saturated heterocycles. The van der Waals surface area contributed by atoms with Crippen LogP contribution in [0.1, 0.15) is 56.8 Å². The van der Waals surface area contributed by atoms with Gasteiger partial charge >= 0.3 is 6.01 Å². The van der Waals surface area contributed by atoms with Crippen molar-refractivity contribution >= 4 is 23.7 Å². The molecule has 0 radical (unpaired) electrons. The van der Waals surface area contributed by atoms with Crippen LogP contribution in [0.3, 0.4) is 0 Å². The Morgan fingerprint density at radius 2 is 1.69 bits per heavy atom. The molecule has 0 aliphatic carbocycles. The Bertz CT molecular complexity index is 1270. The molecular formula is C26H31ClF3N7O2. The normalized spacial score (nSPS) is 21.1. The fourth-order valence-corrected chi connectivity index (χ4v) is 5.43. The highest BCUT2D eigenvalue weighted by molar-refractivity contribution is 6.13. The van der Waals surface area contributed by atoms with Crippen molar-refractivity contribution in [3.05, 3.63) is 53.4 Å². The van der Waals surface area contributed by atoms with Crippen molar-refractivity contribution in [2.75, 3.05) is 36.0 Å². The van der Waals surface area contributed by atoms with E-state index in [1.54, 1.807) is 12.4 Å². The van der Waals surface area contributed by atoms with Crippen molar-refractivity contribution in [3.8, 4) is 5.75 Å². The van der Waals surface area contributed by atoms with Crippen molar-refractivity contribution in [1.29, 1.82) is 0 Å². The summed E-state index contributed by atoms with van der Waals surface area (Å²) in [7, 11) is 0. The molecule has 210 valence electrons. The van der Waals surface area contributed by atoms with Gasteiger partial charge in [-0.2, -0.15) is 4.98 Å². The standard InChI is InChI=1S/C26H31ClF3N7O2/c1-14(2)24-33-26(39-35-24)36-6-4-16(5-7-36)15(3)38-17-10-31-25(32-11-17)37-12-19(23(13-37)34-27)18-8-21(29)22(30)9-20(18)28/h8-11,14-16,19,23,34H,4-7,12-13H2,1-3H3/t15-,19+,23-/m0/s1. The maximum absolute atomic E-state index is 14.4. The molecule has 2 aliphatic heterocycles. The molecule has 1 N–H and O–H groups in total. The fraction of sp³-hybridized carbons (Fsp3) is 0.538. The van der Waals surface area contributed by atoms with E-state index in [0.717, 1.165) is 32.0 Å². The van der Waals surface area contributed by atoms with Gasteiger partial charge in [0.05, 0.1) is 18.5 Å². The third kappa shape index (κ3) is 5.91. The number of halogens is 4. The molecule has 2 aromatic heterocycles. The summed E-state index contributed by atoms with van der Waals surface area (Å²) in [5.74, 6) is -1.45. The molecular weight excluding hydrogens is 535 g/mol. The summed E-state index contributed by atoms with van der Waals surface area (Å²) in [6.45, 7) is 8.35.